The number of nitrogens with zero attached hydrogens (tertiary/aromatic N) is 2. The topological polar surface area (TPSA) is 92.4 Å². The Bertz CT molecular complexity index is 558. The SMILES string of the molecule is O=C(O)c1nc(C2CCCC2)n2c1CCCC2C(=O)O. The first-order valence-electron chi connectivity index (χ1n) is 7.16. The van der Waals surface area contributed by atoms with Crippen LogP contribution >= 0.6 is 0 Å². The van der Waals surface area contributed by atoms with Crippen LogP contribution in [0.2, 0.25) is 0 Å². The van der Waals surface area contributed by atoms with Crippen molar-refractivity contribution < 1.29 is 19.8 Å². The molecule has 20 heavy (non-hydrogen) atoms. The molecular formula is C14H18N2O4. The van der Waals surface area contributed by atoms with Gasteiger partial charge in [0.1, 0.15) is 11.9 Å². The monoisotopic (exact) mass is 278 g/mol. The van der Waals surface area contributed by atoms with Gasteiger partial charge >= 0.3 is 11.9 Å². The molecule has 2 aliphatic rings. The van der Waals surface area contributed by atoms with E-state index in [2.05, 4.69) is 4.98 Å². The smallest absolute Gasteiger partial charge is 0.356 e. The summed E-state index contributed by atoms with van der Waals surface area (Å²) in [5, 5.41) is 18.7. The first-order valence-corrected chi connectivity index (χ1v) is 7.16. The van der Waals surface area contributed by atoms with Gasteiger partial charge in [0.15, 0.2) is 5.69 Å². The summed E-state index contributed by atoms with van der Waals surface area (Å²) in [5.74, 6) is -1.05. The molecule has 1 aliphatic carbocycles. The lowest BCUT2D eigenvalue weighted by atomic mass is 10.00. The average molecular weight is 278 g/mol. The number of rotatable bonds is 3. The molecule has 2 heterocycles. The Morgan fingerprint density at radius 1 is 1.10 bits per heavy atom. The average Bonchev–Trinajstić information content (AvgIpc) is 3.04. The molecule has 0 aromatic carbocycles. The van der Waals surface area contributed by atoms with Crippen molar-refractivity contribution in [3.63, 3.8) is 0 Å². The molecule has 1 saturated carbocycles. The normalized spacial score (nSPS) is 22.7. The molecule has 1 fully saturated rings. The maximum Gasteiger partial charge on any atom is 0.356 e. The van der Waals surface area contributed by atoms with Crippen molar-refractivity contribution in [1.29, 1.82) is 0 Å². The van der Waals surface area contributed by atoms with E-state index in [1.54, 1.807) is 4.57 Å². The van der Waals surface area contributed by atoms with Gasteiger partial charge < -0.3 is 14.8 Å². The highest BCUT2D eigenvalue weighted by Gasteiger charge is 2.36. The molecule has 0 spiro atoms. The molecule has 0 radical (unpaired) electrons. The Balaban J connectivity index is 2.13. The summed E-state index contributed by atoms with van der Waals surface area (Å²) in [6.07, 6.45) is 6.01. The largest absolute Gasteiger partial charge is 0.480 e. The number of aromatic nitrogens is 2. The third-order valence-corrected chi connectivity index (χ3v) is 4.45. The number of carboxylic acid groups (broad SMARTS) is 2. The van der Waals surface area contributed by atoms with Crippen molar-refractivity contribution in [1.82, 2.24) is 9.55 Å². The highest BCUT2D eigenvalue weighted by molar-refractivity contribution is 5.87. The second kappa shape index (κ2) is 4.92. The van der Waals surface area contributed by atoms with E-state index in [9.17, 15) is 19.8 Å². The lowest BCUT2D eigenvalue weighted by Crippen LogP contribution is -2.27. The summed E-state index contributed by atoms with van der Waals surface area (Å²) in [6, 6.07) is -0.657. The van der Waals surface area contributed by atoms with Crippen molar-refractivity contribution >= 4 is 11.9 Å². The molecule has 0 saturated heterocycles. The first-order chi connectivity index (χ1) is 9.59. The molecule has 1 aromatic rings. The summed E-state index contributed by atoms with van der Waals surface area (Å²) >= 11 is 0. The van der Waals surface area contributed by atoms with Gasteiger partial charge in [-0.15, -0.1) is 0 Å². The quantitative estimate of drug-likeness (QED) is 0.884. The van der Waals surface area contributed by atoms with Gasteiger partial charge in [0, 0.05) is 5.92 Å². The summed E-state index contributed by atoms with van der Waals surface area (Å²) in [7, 11) is 0. The summed E-state index contributed by atoms with van der Waals surface area (Å²) < 4.78 is 1.71. The standard InChI is InChI=1S/C14H18N2O4/c17-13(18)10-7-3-6-9-11(14(19)20)15-12(16(9)10)8-4-1-2-5-8/h8,10H,1-7H2,(H,17,18)(H,19,20). The van der Waals surface area contributed by atoms with Crippen LogP contribution in [-0.2, 0) is 11.2 Å². The third-order valence-electron chi connectivity index (χ3n) is 4.45. The molecule has 6 heteroatoms. The fourth-order valence-electron chi connectivity index (χ4n) is 3.54. The number of carbonyl (C=O) groups is 2. The van der Waals surface area contributed by atoms with E-state index >= 15 is 0 Å². The van der Waals surface area contributed by atoms with Crippen LogP contribution in [-0.4, -0.2) is 31.7 Å². The highest BCUT2D eigenvalue weighted by Crippen LogP contribution is 2.38. The predicted octanol–water partition coefficient (Wildman–Crippen LogP) is 2.20. The summed E-state index contributed by atoms with van der Waals surface area (Å²) in [4.78, 5) is 27.1. The summed E-state index contributed by atoms with van der Waals surface area (Å²) in [5.41, 5.74) is 0.649. The fraction of sp³-hybridized carbons (Fsp3) is 0.643. The Labute approximate surface area is 116 Å². The maximum atomic E-state index is 11.5. The first kappa shape index (κ1) is 13.1. The Kier molecular flexibility index (Phi) is 3.23. The van der Waals surface area contributed by atoms with Crippen LogP contribution < -0.4 is 0 Å². The zero-order valence-electron chi connectivity index (χ0n) is 11.2. The van der Waals surface area contributed by atoms with Crippen molar-refractivity contribution in [2.75, 3.05) is 0 Å². The van der Waals surface area contributed by atoms with E-state index in [1.165, 1.54) is 0 Å². The third kappa shape index (κ3) is 1.99. The Morgan fingerprint density at radius 2 is 1.80 bits per heavy atom. The number of imidazole rings is 1. The number of hydrogen-bond acceptors (Lipinski definition) is 3. The summed E-state index contributed by atoms with van der Waals surface area (Å²) in [6.45, 7) is 0. The van der Waals surface area contributed by atoms with Crippen LogP contribution in [0.4, 0.5) is 0 Å². The van der Waals surface area contributed by atoms with Gasteiger partial charge in [-0.1, -0.05) is 12.8 Å². The molecule has 1 aliphatic heterocycles. The van der Waals surface area contributed by atoms with E-state index < -0.39 is 18.0 Å². The van der Waals surface area contributed by atoms with Crippen molar-refractivity contribution in [3.05, 3.63) is 17.2 Å². The molecule has 0 amide bonds. The molecule has 2 N–H and O–H groups in total. The van der Waals surface area contributed by atoms with Crippen LogP contribution in [0.3, 0.4) is 0 Å². The highest BCUT2D eigenvalue weighted by atomic mass is 16.4. The fourth-order valence-corrected chi connectivity index (χ4v) is 3.54. The van der Waals surface area contributed by atoms with Gasteiger partial charge in [0.25, 0.3) is 0 Å². The molecule has 3 rings (SSSR count). The molecular weight excluding hydrogens is 260 g/mol. The van der Waals surface area contributed by atoms with Crippen molar-refractivity contribution in [2.45, 2.75) is 56.9 Å². The zero-order chi connectivity index (χ0) is 14.3. The number of fused-ring (bicyclic) bond motifs is 1. The van der Waals surface area contributed by atoms with Gasteiger partial charge in [-0.2, -0.15) is 0 Å². The second-order valence-electron chi connectivity index (χ2n) is 5.67. The van der Waals surface area contributed by atoms with Crippen molar-refractivity contribution in [3.8, 4) is 0 Å². The van der Waals surface area contributed by atoms with Crippen LogP contribution in [0.25, 0.3) is 0 Å². The van der Waals surface area contributed by atoms with E-state index in [4.69, 9.17) is 0 Å². The zero-order valence-corrected chi connectivity index (χ0v) is 11.2. The van der Waals surface area contributed by atoms with Gasteiger partial charge in [0.05, 0.1) is 5.69 Å². The number of carboxylic acids is 2. The van der Waals surface area contributed by atoms with Gasteiger partial charge in [-0.25, -0.2) is 14.6 Å². The minimum atomic E-state index is -1.05. The molecule has 108 valence electrons. The van der Waals surface area contributed by atoms with Gasteiger partial charge in [-0.3, -0.25) is 0 Å². The molecule has 1 unspecified atom stereocenters. The minimum absolute atomic E-state index is 0.0536. The molecule has 0 bridgehead atoms. The van der Waals surface area contributed by atoms with E-state index in [0.717, 1.165) is 25.7 Å². The number of aliphatic carboxylic acids is 1. The van der Waals surface area contributed by atoms with E-state index in [1.807, 2.05) is 0 Å². The van der Waals surface area contributed by atoms with Gasteiger partial charge in [-0.05, 0) is 32.1 Å². The Hall–Kier alpha value is -1.85. The van der Waals surface area contributed by atoms with Crippen LogP contribution in [0.5, 0.6) is 0 Å². The van der Waals surface area contributed by atoms with Crippen molar-refractivity contribution in [2.24, 2.45) is 0 Å². The lowest BCUT2D eigenvalue weighted by molar-refractivity contribution is -0.141. The molecule has 1 atom stereocenters. The number of aromatic carboxylic acids is 1. The lowest BCUT2D eigenvalue weighted by Gasteiger charge is -2.25. The van der Waals surface area contributed by atoms with Crippen LogP contribution in [0.15, 0.2) is 0 Å². The predicted molar refractivity (Wildman–Crippen MR) is 70.0 cm³/mol. The second-order valence-corrected chi connectivity index (χ2v) is 5.67. The van der Waals surface area contributed by atoms with Gasteiger partial charge in [0.2, 0.25) is 0 Å². The van der Waals surface area contributed by atoms with Crippen LogP contribution in [0, 0.1) is 0 Å². The molecule has 1 aromatic heterocycles. The number of hydrogen-bond donors (Lipinski definition) is 2. The maximum absolute atomic E-state index is 11.5. The minimum Gasteiger partial charge on any atom is -0.480 e. The van der Waals surface area contributed by atoms with Crippen LogP contribution in [0.1, 0.15) is 72.5 Å². The molecule has 6 nitrogen and oxygen atoms in total. The van der Waals surface area contributed by atoms with E-state index in [0.29, 0.717) is 30.8 Å². The Morgan fingerprint density at radius 3 is 2.40 bits per heavy atom. The van der Waals surface area contributed by atoms with E-state index in [-0.39, 0.29) is 11.6 Å².